The van der Waals surface area contributed by atoms with Crippen LogP contribution in [0.25, 0.3) is 11.1 Å². The summed E-state index contributed by atoms with van der Waals surface area (Å²) in [5, 5.41) is 12.6. The molecule has 9 heteroatoms. The Morgan fingerprint density at radius 2 is 1.90 bits per heavy atom. The highest BCUT2D eigenvalue weighted by Crippen LogP contribution is 2.37. The van der Waals surface area contributed by atoms with E-state index in [0.717, 1.165) is 6.07 Å². The van der Waals surface area contributed by atoms with Crippen molar-refractivity contribution in [3.8, 4) is 22.8 Å². The van der Waals surface area contributed by atoms with Gasteiger partial charge in [-0.05, 0) is 49.8 Å². The Labute approximate surface area is 184 Å². The number of carbonyl (C=O) groups excluding carboxylic acids is 1. The fourth-order valence-electron chi connectivity index (χ4n) is 3.81. The van der Waals surface area contributed by atoms with E-state index < -0.39 is 23.2 Å². The Kier molecular flexibility index (Phi) is 6.69. The van der Waals surface area contributed by atoms with Crippen LogP contribution in [0.3, 0.4) is 0 Å². The molecule has 1 aliphatic carbocycles. The summed E-state index contributed by atoms with van der Waals surface area (Å²) >= 11 is 6.14. The van der Waals surface area contributed by atoms with Gasteiger partial charge in [0, 0.05) is 22.9 Å². The third-order valence-corrected chi connectivity index (χ3v) is 5.98. The number of halogens is 2. The van der Waals surface area contributed by atoms with E-state index in [1.54, 1.807) is 0 Å². The number of carboxylic acid groups (broad SMARTS) is 1. The molecule has 1 saturated carbocycles. The number of hydrogen-bond donors (Lipinski definition) is 2. The molecule has 1 amide bonds. The number of ether oxygens (including phenoxy) is 2. The first-order valence-electron chi connectivity index (χ1n) is 9.84. The number of amides is 1. The number of pyridine rings is 1. The van der Waals surface area contributed by atoms with Crippen LogP contribution in [0.15, 0.2) is 24.4 Å². The summed E-state index contributed by atoms with van der Waals surface area (Å²) in [6, 6.07) is 3.98. The van der Waals surface area contributed by atoms with Crippen LogP contribution in [0.5, 0.6) is 11.6 Å². The summed E-state index contributed by atoms with van der Waals surface area (Å²) in [5.74, 6) is -2.02. The molecule has 0 unspecified atom stereocenters. The molecule has 1 aromatic carbocycles. The molecule has 31 heavy (non-hydrogen) atoms. The van der Waals surface area contributed by atoms with Crippen LogP contribution < -0.4 is 14.8 Å². The lowest BCUT2D eigenvalue weighted by atomic mass is 9.77. The highest BCUT2D eigenvalue weighted by atomic mass is 35.5. The molecule has 1 aliphatic rings. The van der Waals surface area contributed by atoms with Crippen LogP contribution in [0.1, 0.15) is 43.0 Å². The smallest absolute Gasteiger partial charge is 0.329 e. The quantitative estimate of drug-likeness (QED) is 0.680. The zero-order chi connectivity index (χ0) is 22.8. The second-order valence-electron chi connectivity index (χ2n) is 7.78. The highest BCUT2D eigenvalue weighted by Gasteiger charge is 2.42. The van der Waals surface area contributed by atoms with Crippen molar-refractivity contribution in [2.24, 2.45) is 5.92 Å². The van der Waals surface area contributed by atoms with E-state index in [2.05, 4.69) is 10.3 Å². The van der Waals surface area contributed by atoms with Crippen molar-refractivity contribution in [2.45, 2.75) is 38.1 Å². The lowest BCUT2D eigenvalue weighted by Crippen LogP contribution is -2.56. The monoisotopic (exact) mass is 450 g/mol. The number of rotatable bonds is 6. The van der Waals surface area contributed by atoms with Crippen molar-refractivity contribution in [1.82, 2.24) is 10.3 Å². The van der Waals surface area contributed by atoms with Gasteiger partial charge in [-0.1, -0.05) is 18.5 Å². The predicted octanol–water partition coefficient (Wildman–Crippen LogP) is 4.32. The van der Waals surface area contributed by atoms with Crippen molar-refractivity contribution in [1.29, 1.82) is 0 Å². The molecular weight excluding hydrogens is 427 g/mol. The van der Waals surface area contributed by atoms with E-state index >= 15 is 0 Å². The Balaban J connectivity index is 1.99. The standard InChI is InChI=1S/C22H24ClFN2O5/c1-12-4-6-22(7-5-12,21(28)29)26-19(27)13-8-15(18(30-2)17(24)10-13)14-9-16(23)20(31-3)25-11-14/h8-12H,4-7H2,1-3H3,(H,26,27)(H,28,29)/t12-,22-. The molecule has 0 radical (unpaired) electrons. The van der Waals surface area contributed by atoms with E-state index in [4.69, 9.17) is 21.1 Å². The molecule has 166 valence electrons. The number of hydrogen-bond acceptors (Lipinski definition) is 5. The molecule has 0 saturated heterocycles. The van der Waals surface area contributed by atoms with Gasteiger partial charge in [0.05, 0.1) is 14.2 Å². The minimum atomic E-state index is -1.37. The van der Waals surface area contributed by atoms with Crippen molar-refractivity contribution in [3.63, 3.8) is 0 Å². The lowest BCUT2D eigenvalue weighted by molar-refractivity contribution is -0.146. The fourth-order valence-corrected chi connectivity index (χ4v) is 4.05. The normalized spacial score (nSPS) is 20.7. The van der Waals surface area contributed by atoms with Gasteiger partial charge in [-0.3, -0.25) is 4.79 Å². The topological polar surface area (TPSA) is 97.8 Å². The summed E-state index contributed by atoms with van der Waals surface area (Å²) in [6.07, 6.45) is 3.43. The number of benzene rings is 1. The number of nitrogens with one attached hydrogen (secondary N) is 1. The van der Waals surface area contributed by atoms with Gasteiger partial charge in [-0.15, -0.1) is 0 Å². The molecule has 1 aromatic heterocycles. The highest BCUT2D eigenvalue weighted by molar-refractivity contribution is 6.32. The third kappa shape index (κ3) is 4.58. The number of methoxy groups -OCH3 is 2. The SMILES string of the molecule is COc1ncc(-c2cc(C(=O)N[C@]3(C(=O)O)CC[C@@H](C)CC3)cc(F)c2OC)cc1Cl. The van der Waals surface area contributed by atoms with E-state index in [-0.39, 0.29) is 27.8 Å². The van der Waals surface area contributed by atoms with Gasteiger partial charge < -0.3 is 19.9 Å². The van der Waals surface area contributed by atoms with Gasteiger partial charge in [0.25, 0.3) is 5.91 Å². The van der Waals surface area contributed by atoms with Crippen LogP contribution in [0.2, 0.25) is 5.02 Å². The van der Waals surface area contributed by atoms with Crippen molar-refractivity contribution < 1.29 is 28.6 Å². The molecule has 0 bridgehead atoms. The summed E-state index contributed by atoms with van der Waals surface area (Å²) < 4.78 is 25.0. The average molecular weight is 451 g/mol. The average Bonchev–Trinajstić information content (AvgIpc) is 2.74. The van der Waals surface area contributed by atoms with Crippen molar-refractivity contribution in [3.05, 3.63) is 40.8 Å². The Morgan fingerprint density at radius 3 is 2.45 bits per heavy atom. The molecule has 7 nitrogen and oxygen atoms in total. The first-order chi connectivity index (χ1) is 14.7. The maximum absolute atomic E-state index is 14.8. The van der Waals surface area contributed by atoms with Gasteiger partial charge in [0.1, 0.15) is 10.6 Å². The van der Waals surface area contributed by atoms with Gasteiger partial charge in [0.2, 0.25) is 5.88 Å². The first-order valence-corrected chi connectivity index (χ1v) is 10.2. The largest absolute Gasteiger partial charge is 0.493 e. The molecule has 0 atom stereocenters. The Bertz CT molecular complexity index is 1010. The summed E-state index contributed by atoms with van der Waals surface area (Å²) in [5.41, 5.74) is -0.730. The summed E-state index contributed by atoms with van der Waals surface area (Å²) in [7, 11) is 2.73. The second kappa shape index (κ2) is 9.09. The Hall–Kier alpha value is -2.87. The fraction of sp³-hybridized carbons (Fsp3) is 0.409. The zero-order valence-corrected chi connectivity index (χ0v) is 18.3. The van der Waals surface area contributed by atoms with E-state index in [0.29, 0.717) is 37.2 Å². The lowest BCUT2D eigenvalue weighted by Gasteiger charge is -2.36. The van der Waals surface area contributed by atoms with Gasteiger partial charge in [-0.2, -0.15) is 0 Å². The zero-order valence-electron chi connectivity index (χ0n) is 17.5. The van der Waals surface area contributed by atoms with Crippen molar-refractivity contribution >= 4 is 23.5 Å². The summed E-state index contributed by atoms with van der Waals surface area (Å²) in [4.78, 5) is 29.0. The molecule has 1 fully saturated rings. The number of nitrogens with zero attached hydrogens (tertiary/aromatic N) is 1. The van der Waals surface area contributed by atoms with Crippen LogP contribution in [-0.4, -0.2) is 41.7 Å². The van der Waals surface area contributed by atoms with E-state index in [9.17, 15) is 19.1 Å². The maximum atomic E-state index is 14.8. The van der Waals surface area contributed by atoms with Crippen LogP contribution in [-0.2, 0) is 4.79 Å². The number of aliphatic carboxylic acids is 1. The second-order valence-corrected chi connectivity index (χ2v) is 8.19. The Morgan fingerprint density at radius 1 is 1.23 bits per heavy atom. The number of carboxylic acids is 1. The van der Waals surface area contributed by atoms with Crippen LogP contribution in [0, 0.1) is 11.7 Å². The van der Waals surface area contributed by atoms with Crippen molar-refractivity contribution in [2.75, 3.05) is 14.2 Å². The number of aromatic nitrogens is 1. The van der Waals surface area contributed by atoms with E-state index in [1.807, 2.05) is 6.92 Å². The molecule has 2 aromatic rings. The number of carbonyl (C=O) groups is 2. The maximum Gasteiger partial charge on any atom is 0.329 e. The molecular formula is C22H24ClFN2O5. The van der Waals surface area contributed by atoms with Gasteiger partial charge in [-0.25, -0.2) is 14.2 Å². The van der Waals surface area contributed by atoms with E-state index in [1.165, 1.54) is 32.5 Å². The van der Waals surface area contributed by atoms with Gasteiger partial charge >= 0.3 is 5.97 Å². The minimum Gasteiger partial charge on any atom is -0.493 e. The first kappa shape index (κ1) is 22.8. The minimum absolute atomic E-state index is 0.0283. The predicted molar refractivity (Wildman–Crippen MR) is 113 cm³/mol. The third-order valence-electron chi connectivity index (χ3n) is 5.71. The molecule has 0 spiro atoms. The molecule has 1 heterocycles. The molecule has 2 N–H and O–H groups in total. The van der Waals surface area contributed by atoms with Crippen LogP contribution in [0.4, 0.5) is 4.39 Å². The van der Waals surface area contributed by atoms with Crippen LogP contribution >= 0.6 is 11.6 Å². The summed E-state index contributed by atoms with van der Waals surface area (Å²) in [6.45, 7) is 2.05. The molecule has 0 aliphatic heterocycles. The van der Waals surface area contributed by atoms with Gasteiger partial charge in [0.15, 0.2) is 11.6 Å². The molecule has 3 rings (SSSR count).